The number of ether oxygens (including phenoxy) is 1. The second kappa shape index (κ2) is 8.17. The summed E-state index contributed by atoms with van der Waals surface area (Å²) in [5.74, 6) is 0.435. The predicted molar refractivity (Wildman–Crippen MR) is 103 cm³/mol. The van der Waals surface area contributed by atoms with Crippen molar-refractivity contribution in [2.75, 3.05) is 7.11 Å². The van der Waals surface area contributed by atoms with E-state index in [1.807, 2.05) is 6.07 Å². The largest absolute Gasteiger partial charge is 0.497 e. The molecular weight excluding hydrogens is 385 g/mol. The lowest BCUT2D eigenvalue weighted by Crippen LogP contribution is -2.04. The van der Waals surface area contributed by atoms with Crippen LogP contribution in [-0.4, -0.2) is 23.1 Å². The Kier molecular flexibility index (Phi) is 5.70. The van der Waals surface area contributed by atoms with Gasteiger partial charge in [0, 0.05) is 22.3 Å². The minimum atomic E-state index is -0.223. The Balaban J connectivity index is 2.08. The van der Waals surface area contributed by atoms with Crippen LogP contribution in [0.4, 0.5) is 0 Å². The van der Waals surface area contributed by atoms with Gasteiger partial charge in [-0.3, -0.25) is 4.79 Å². The van der Waals surface area contributed by atoms with E-state index in [-0.39, 0.29) is 22.4 Å². The first-order valence-corrected chi connectivity index (χ1v) is 8.67. The second-order valence-electron chi connectivity index (χ2n) is 5.59. The number of carbonyl (C=O) groups excluding carboxylic acids is 1. The van der Waals surface area contributed by atoms with Gasteiger partial charge in [0.1, 0.15) is 5.75 Å². The predicted octanol–water partition coefficient (Wildman–Crippen LogP) is 4.76. The van der Waals surface area contributed by atoms with Gasteiger partial charge in [-0.05, 0) is 36.4 Å². The number of nitriles is 1. The molecule has 0 saturated carbocycles. The van der Waals surface area contributed by atoms with Crippen LogP contribution in [0.2, 0.25) is 10.2 Å². The van der Waals surface area contributed by atoms with E-state index in [2.05, 4.69) is 10.2 Å². The number of nitrogens with zero attached hydrogens (tertiary/aromatic N) is 3. The lowest BCUT2D eigenvalue weighted by Gasteiger charge is -2.12. The van der Waals surface area contributed by atoms with Crippen LogP contribution in [0.3, 0.4) is 0 Å². The topological polar surface area (TPSA) is 75.9 Å². The average Bonchev–Trinajstić information content (AvgIpc) is 2.69. The molecule has 134 valence electrons. The van der Waals surface area contributed by atoms with Crippen molar-refractivity contribution < 1.29 is 9.53 Å². The first-order valence-electron chi connectivity index (χ1n) is 7.92. The molecular formula is C20H13Cl2N3O2. The molecule has 0 aliphatic rings. The van der Waals surface area contributed by atoms with Crippen LogP contribution in [0, 0.1) is 11.3 Å². The Bertz CT molecular complexity index is 1040. The second-order valence-corrected chi connectivity index (χ2v) is 6.35. The first kappa shape index (κ1) is 18.8. The number of hydrogen-bond acceptors (Lipinski definition) is 5. The van der Waals surface area contributed by atoms with Crippen LogP contribution >= 0.6 is 23.2 Å². The van der Waals surface area contributed by atoms with Gasteiger partial charge in [0.15, 0.2) is 10.9 Å². The summed E-state index contributed by atoms with van der Waals surface area (Å²) in [5, 5.41) is 17.2. The van der Waals surface area contributed by atoms with Crippen LogP contribution < -0.4 is 4.74 Å². The van der Waals surface area contributed by atoms with E-state index in [0.29, 0.717) is 33.7 Å². The maximum atomic E-state index is 12.9. The molecule has 3 aromatic rings. The fourth-order valence-corrected chi connectivity index (χ4v) is 3.11. The summed E-state index contributed by atoms with van der Waals surface area (Å²) in [6.45, 7) is 0. The van der Waals surface area contributed by atoms with E-state index in [0.717, 1.165) is 0 Å². The summed E-state index contributed by atoms with van der Waals surface area (Å²) in [6, 6.07) is 15.5. The summed E-state index contributed by atoms with van der Waals surface area (Å²) >= 11 is 12.5. The number of methoxy groups -OCH3 is 1. The van der Waals surface area contributed by atoms with E-state index in [9.17, 15) is 4.79 Å². The third-order valence-corrected chi connectivity index (χ3v) is 4.56. The molecule has 0 radical (unpaired) electrons. The van der Waals surface area contributed by atoms with Gasteiger partial charge < -0.3 is 4.74 Å². The van der Waals surface area contributed by atoms with E-state index in [4.69, 9.17) is 33.2 Å². The van der Waals surface area contributed by atoms with Gasteiger partial charge in [-0.25, -0.2) is 0 Å². The zero-order valence-corrected chi connectivity index (χ0v) is 15.8. The molecule has 0 amide bonds. The van der Waals surface area contributed by atoms with E-state index >= 15 is 0 Å². The number of benzene rings is 2. The van der Waals surface area contributed by atoms with Gasteiger partial charge in [-0.1, -0.05) is 35.3 Å². The van der Waals surface area contributed by atoms with Gasteiger partial charge in [-0.15, -0.1) is 5.10 Å². The van der Waals surface area contributed by atoms with Crippen LogP contribution in [0.1, 0.15) is 21.6 Å². The van der Waals surface area contributed by atoms with E-state index < -0.39 is 0 Å². The third kappa shape index (κ3) is 3.92. The van der Waals surface area contributed by atoms with Crippen molar-refractivity contribution in [2.45, 2.75) is 6.42 Å². The quantitative estimate of drug-likeness (QED) is 0.580. The summed E-state index contributed by atoms with van der Waals surface area (Å²) < 4.78 is 5.11. The Morgan fingerprint density at radius 1 is 1.11 bits per heavy atom. The molecule has 0 spiro atoms. The number of aromatic nitrogens is 2. The highest BCUT2D eigenvalue weighted by Crippen LogP contribution is 2.34. The normalized spacial score (nSPS) is 10.3. The molecule has 27 heavy (non-hydrogen) atoms. The van der Waals surface area contributed by atoms with Crippen LogP contribution in [0.5, 0.6) is 5.75 Å². The van der Waals surface area contributed by atoms with Crippen molar-refractivity contribution in [3.8, 4) is 22.9 Å². The fourth-order valence-electron chi connectivity index (χ4n) is 2.65. The monoisotopic (exact) mass is 397 g/mol. The van der Waals surface area contributed by atoms with E-state index in [1.54, 1.807) is 55.6 Å². The fraction of sp³-hybridized carbons (Fsp3) is 0.100. The molecule has 1 aromatic heterocycles. The number of rotatable bonds is 5. The van der Waals surface area contributed by atoms with Crippen molar-refractivity contribution in [1.29, 1.82) is 5.26 Å². The maximum Gasteiger partial charge on any atom is 0.194 e. The van der Waals surface area contributed by atoms with Gasteiger partial charge in [0.25, 0.3) is 0 Å². The lowest BCUT2D eigenvalue weighted by molar-refractivity contribution is 0.103. The zero-order valence-electron chi connectivity index (χ0n) is 14.2. The lowest BCUT2D eigenvalue weighted by atomic mass is 9.97. The molecule has 5 nitrogen and oxygen atoms in total. The molecule has 0 unspecified atom stereocenters. The van der Waals surface area contributed by atoms with Crippen molar-refractivity contribution in [1.82, 2.24) is 10.2 Å². The zero-order chi connectivity index (χ0) is 19.4. The summed E-state index contributed by atoms with van der Waals surface area (Å²) in [5.41, 5.74) is 2.41. The molecule has 7 heteroatoms. The minimum Gasteiger partial charge on any atom is -0.497 e. The molecule has 0 saturated heterocycles. The Morgan fingerprint density at radius 2 is 1.85 bits per heavy atom. The van der Waals surface area contributed by atoms with E-state index in [1.165, 1.54) is 0 Å². The Hall–Kier alpha value is -2.94. The highest BCUT2D eigenvalue weighted by Gasteiger charge is 2.19. The number of ketones is 1. The summed E-state index contributed by atoms with van der Waals surface area (Å²) in [4.78, 5) is 12.9. The minimum absolute atomic E-state index is 0.0481. The maximum absolute atomic E-state index is 12.9. The molecule has 0 bridgehead atoms. The highest BCUT2D eigenvalue weighted by molar-refractivity contribution is 6.37. The summed E-state index contributed by atoms with van der Waals surface area (Å²) in [6.07, 6.45) is 0.0481. The van der Waals surface area contributed by atoms with Crippen molar-refractivity contribution in [2.24, 2.45) is 0 Å². The molecule has 1 heterocycles. The SMILES string of the molecule is COc1ccc(C(=O)c2cccc(-c3cc(Cl)nnc3CC#N)c2Cl)cc1. The average molecular weight is 398 g/mol. The standard InChI is InChI=1S/C20H13Cl2N3O2/c1-27-13-7-5-12(6-8-13)20(26)15-4-2-3-14(19(15)22)16-11-18(21)25-24-17(16)9-10-23/h2-8,11H,9H2,1H3. The smallest absolute Gasteiger partial charge is 0.194 e. The molecule has 2 aromatic carbocycles. The third-order valence-electron chi connectivity index (χ3n) is 3.97. The first-order chi connectivity index (χ1) is 13.0. The molecule has 0 fully saturated rings. The van der Waals surface area contributed by atoms with Gasteiger partial charge in [-0.2, -0.15) is 10.4 Å². The van der Waals surface area contributed by atoms with Gasteiger partial charge >= 0.3 is 0 Å². The molecule has 0 atom stereocenters. The molecule has 0 aliphatic heterocycles. The Labute approximate surface area is 166 Å². The summed E-state index contributed by atoms with van der Waals surface area (Å²) in [7, 11) is 1.56. The number of halogens is 2. The van der Waals surface area contributed by atoms with Gasteiger partial charge in [0.05, 0.1) is 30.3 Å². The number of hydrogen-bond donors (Lipinski definition) is 0. The van der Waals surface area contributed by atoms with Crippen molar-refractivity contribution in [3.63, 3.8) is 0 Å². The van der Waals surface area contributed by atoms with Gasteiger partial charge in [0.2, 0.25) is 0 Å². The van der Waals surface area contributed by atoms with Crippen molar-refractivity contribution >= 4 is 29.0 Å². The van der Waals surface area contributed by atoms with Crippen LogP contribution in [0.15, 0.2) is 48.5 Å². The van der Waals surface area contributed by atoms with Crippen LogP contribution in [0.25, 0.3) is 11.1 Å². The number of carbonyl (C=O) groups is 1. The Morgan fingerprint density at radius 3 is 2.52 bits per heavy atom. The molecule has 3 rings (SSSR count). The molecule has 0 aliphatic carbocycles. The van der Waals surface area contributed by atoms with Crippen LogP contribution in [-0.2, 0) is 6.42 Å². The van der Waals surface area contributed by atoms with Crippen molar-refractivity contribution in [3.05, 3.63) is 75.5 Å². The molecule has 0 N–H and O–H groups in total. The highest BCUT2D eigenvalue weighted by atomic mass is 35.5.